The van der Waals surface area contributed by atoms with Crippen molar-refractivity contribution in [2.75, 3.05) is 13.1 Å². The molecule has 1 saturated carbocycles. The predicted octanol–water partition coefficient (Wildman–Crippen LogP) is 2.77. The van der Waals surface area contributed by atoms with Crippen LogP contribution >= 0.6 is 0 Å². The van der Waals surface area contributed by atoms with E-state index in [9.17, 15) is 0 Å². The van der Waals surface area contributed by atoms with Crippen LogP contribution in [0.2, 0.25) is 0 Å². The number of likely N-dealkylation sites (tertiary alicyclic amines) is 1. The van der Waals surface area contributed by atoms with Crippen molar-refractivity contribution < 1.29 is 0 Å². The highest BCUT2D eigenvalue weighted by atomic mass is 15.2. The second kappa shape index (κ2) is 6.02. The molecule has 94 valence electrons. The van der Waals surface area contributed by atoms with Crippen LogP contribution in [0.3, 0.4) is 0 Å². The lowest BCUT2D eigenvalue weighted by Crippen LogP contribution is -2.42. The summed E-state index contributed by atoms with van der Waals surface area (Å²) >= 11 is 0. The van der Waals surface area contributed by atoms with E-state index >= 15 is 0 Å². The van der Waals surface area contributed by atoms with E-state index in [2.05, 4.69) is 11.8 Å². The molecule has 2 heteroatoms. The smallest absolute Gasteiger partial charge is 0.0123 e. The first-order valence-corrected chi connectivity index (χ1v) is 7.27. The van der Waals surface area contributed by atoms with Crippen LogP contribution in [-0.2, 0) is 0 Å². The lowest BCUT2D eigenvalue weighted by molar-refractivity contribution is 0.111. The van der Waals surface area contributed by atoms with Crippen LogP contribution in [0, 0.1) is 5.92 Å². The second-order valence-corrected chi connectivity index (χ2v) is 5.91. The van der Waals surface area contributed by atoms with Gasteiger partial charge in [-0.25, -0.2) is 0 Å². The summed E-state index contributed by atoms with van der Waals surface area (Å²) in [5.74, 6) is 1.04. The van der Waals surface area contributed by atoms with Crippen LogP contribution in [0.4, 0.5) is 0 Å². The summed E-state index contributed by atoms with van der Waals surface area (Å²) in [5, 5.41) is 0. The summed E-state index contributed by atoms with van der Waals surface area (Å²) in [4.78, 5) is 2.78. The molecular weight excluding hydrogens is 196 g/mol. The Morgan fingerprint density at radius 3 is 2.81 bits per heavy atom. The fourth-order valence-electron chi connectivity index (χ4n) is 3.62. The highest BCUT2D eigenvalue weighted by Gasteiger charge is 2.34. The number of nitrogens with two attached hydrogens (primary N) is 1. The summed E-state index contributed by atoms with van der Waals surface area (Å²) in [6.07, 6.45) is 11.2. The Hall–Kier alpha value is -0.0800. The average molecular weight is 224 g/mol. The molecule has 0 spiro atoms. The van der Waals surface area contributed by atoms with Gasteiger partial charge >= 0.3 is 0 Å². The number of fused-ring (bicyclic) bond motifs is 1. The summed E-state index contributed by atoms with van der Waals surface area (Å²) in [5.41, 5.74) is 5.78. The fraction of sp³-hybridized carbons (Fsp3) is 1.00. The zero-order valence-electron chi connectivity index (χ0n) is 10.8. The third-order valence-electron chi connectivity index (χ3n) is 4.46. The molecule has 2 rings (SSSR count). The van der Waals surface area contributed by atoms with Crippen molar-refractivity contribution in [2.24, 2.45) is 11.7 Å². The van der Waals surface area contributed by atoms with E-state index in [1.165, 1.54) is 64.5 Å². The Labute approximate surface area is 101 Å². The van der Waals surface area contributed by atoms with Crippen molar-refractivity contribution in [1.29, 1.82) is 0 Å². The number of hydrogen-bond donors (Lipinski definition) is 1. The SMILES string of the molecule is CC(N)CCCCN1CCCC2CCCC21. The van der Waals surface area contributed by atoms with Crippen molar-refractivity contribution >= 4 is 0 Å². The Balaban J connectivity index is 1.68. The van der Waals surface area contributed by atoms with Gasteiger partial charge in [0.25, 0.3) is 0 Å². The molecule has 2 N–H and O–H groups in total. The zero-order valence-corrected chi connectivity index (χ0v) is 10.8. The largest absolute Gasteiger partial charge is 0.328 e. The number of unbranched alkanes of at least 4 members (excludes halogenated alkanes) is 1. The molecule has 1 aliphatic carbocycles. The van der Waals surface area contributed by atoms with Gasteiger partial charge in [-0.3, -0.25) is 0 Å². The van der Waals surface area contributed by atoms with Crippen LogP contribution < -0.4 is 5.73 Å². The molecule has 1 saturated heterocycles. The maximum atomic E-state index is 5.78. The van der Waals surface area contributed by atoms with E-state index in [4.69, 9.17) is 5.73 Å². The van der Waals surface area contributed by atoms with Gasteiger partial charge in [0.2, 0.25) is 0 Å². The van der Waals surface area contributed by atoms with E-state index in [1.807, 2.05) is 0 Å². The Morgan fingerprint density at radius 2 is 2.00 bits per heavy atom. The summed E-state index contributed by atoms with van der Waals surface area (Å²) < 4.78 is 0. The molecule has 0 aromatic carbocycles. The zero-order chi connectivity index (χ0) is 11.4. The summed E-state index contributed by atoms with van der Waals surface area (Å²) in [6.45, 7) is 4.81. The first kappa shape index (κ1) is 12.4. The molecule has 16 heavy (non-hydrogen) atoms. The molecule has 0 aromatic rings. The lowest BCUT2D eigenvalue weighted by Gasteiger charge is -2.37. The second-order valence-electron chi connectivity index (χ2n) is 5.91. The molecule has 2 fully saturated rings. The first-order valence-electron chi connectivity index (χ1n) is 7.27. The predicted molar refractivity (Wildman–Crippen MR) is 69.4 cm³/mol. The van der Waals surface area contributed by atoms with Crippen LogP contribution in [-0.4, -0.2) is 30.1 Å². The molecule has 3 unspecified atom stereocenters. The third-order valence-corrected chi connectivity index (χ3v) is 4.46. The lowest BCUT2D eigenvalue weighted by atomic mass is 9.92. The Bertz CT molecular complexity index is 203. The Morgan fingerprint density at radius 1 is 1.19 bits per heavy atom. The van der Waals surface area contributed by atoms with Gasteiger partial charge in [0, 0.05) is 12.1 Å². The molecule has 1 heterocycles. The van der Waals surface area contributed by atoms with Crippen molar-refractivity contribution in [3.05, 3.63) is 0 Å². The highest BCUT2D eigenvalue weighted by molar-refractivity contribution is 4.88. The number of piperidine rings is 1. The standard InChI is InChI=1S/C14H28N2/c1-12(15)6-2-3-10-16-11-5-8-13-7-4-9-14(13)16/h12-14H,2-11,15H2,1H3. The van der Waals surface area contributed by atoms with Crippen molar-refractivity contribution in [2.45, 2.75) is 70.4 Å². The van der Waals surface area contributed by atoms with Gasteiger partial charge in [0.1, 0.15) is 0 Å². The molecule has 0 aromatic heterocycles. The molecular formula is C14H28N2. The minimum atomic E-state index is 0.389. The van der Waals surface area contributed by atoms with E-state index < -0.39 is 0 Å². The number of rotatable bonds is 5. The van der Waals surface area contributed by atoms with Crippen molar-refractivity contribution in [3.8, 4) is 0 Å². The number of hydrogen-bond acceptors (Lipinski definition) is 2. The van der Waals surface area contributed by atoms with Crippen LogP contribution in [0.15, 0.2) is 0 Å². The topological polar surface area (TPSA) is 29.3 Å². The normalized spacial score (nSPS) is 32.6. The van der Waals surface area contributed by atoms with Gasteiger partial charge in [-0.2, -0.15) is 0 Å². The highest BCUT2D eigenvalue weighted by Crippen LogP contribution is 2.36. The molecule has 0 bridgehead atoms. The first-order chi connectivity index (χ1) is 7.77. The van der Waals surface area contributed by atoms with Gasteiger partial charge in [0.15, 0.2) is 0 Å². The van der Waals surface area contributed by atoms with Gasteiger partial charge in [-0.05, 0) is 64.5 Å². The quantitative estimate of drug-likeness (QED) is 0.728. The number of nitrogens with zero attached hydrogens (tertiary/aromatic N) is 1. The maximum Gasteiger partial charge on any atom is 0.0123 e. The van der Waals surface area contributed by atoms with Gasteiger partial charge in [-0.15, -0.1) is 0 Å². The summed E-state index contributed by atoms with van der Waals surface area (Å²) in [7, 11) is 0. The molecule has 2 aliphatic rings. The van der Waals surface area contributed by atoms with Gasteiger partial charge < -0.3 is 10.6 Å². The van der Waals surface area contributed by atoms with E-state index in [0.29, 0.717) is 6.04 Å². The van der Waals surface area contributed by atoms with Crippen LogP contribution in [0.1, 0.15) is 58.3 Å². The monoisotopic (exact) mass is 224 g/mol. The fourth-order valence-corrected chi connectivity index (χ4v) is 3.62. The van der Waals surface area contributed by atoms with Gasteiger partial charge in [-0.1, -0.05) is 12.8 Å². The molecule has 1 aliphatic heterocycles. The average Bonchev–Trinajstić information content (AvgIpc) is 2.72. The van der Waals surface area contributed by atoms with Gasteiger partial charge in [0.05, 0.1) is 0 Å². The van der Waals surface area contributed by atoms with E-state index in [1.54, 1.807) is 0 Å². The van der Waals surface area contributed by atoms with Crippen molar-refractivity contribution in [1.82, 2.24) is 4.90 Å². The summed E-state index contributed by atoms with van der Waals surface area (Å²) in [6, 6.07) is 1.34. The van der Waals surface area contributed by atoms with E-state index in [-0.39, 0.29) is 0 Å². The maximum absolute atomic E-state index is 5.78. The molecule has 0 amide bonds. The van der Waals surface area contributed by atoms with Crippen LogP contribution in [0.5, 0.6) is 0 Å². The molecule has 2 nitrogen and oxygen atoms in total. The molecule has 3 atom stereocenters. The third kappa shape index (κ3) is 3.21. The minimum Gasteiger partial charge on any atom is -0.328 e. The van der Waals surface area contributed by atoms with E-state index in [0.717, 1.165) is 12.0 Å². The Kier molecular flexibility index (Phi) is 4.66. The minimum absolute atomic E-state index is 0.389. The van der Waals surface area contributed by atoms with Crippen molar-refractivity contribution in [3.63, 3.8) is 0 Å². The van der Waals surface area contributed by atoms with Crippen LogP contribution in [0.25, 0.3) is 0 Å². The molecule has 0 radical (unpaired) electrons.